The molecule has 0 bridgehead atoms. The number of aldehydes is 1. The van der Waals surface area contributed by atoms with Crippen molar-refractivity contribution in [1.82, 2.24) is 0 Å². The lowest BCUT2D eigenvalue weighted by Crippen LogP contribution is -2.15. The Morgan fingerprint density at radius 2 is 1.52 bits per heavy atom. The molecular formula is C24H30F2N2O5. The lowest BCUT2D eigenvalue weighted by molar-refractivity contribution is -0.104. The molecule has 2 aromatic rings. The molecule has 33 heavy (non-hydrogen) atoms. The third-order valence-electron chi connectivity index (χ3n) is 4.26. The summed E-state index contributed by atoms with van der Waals surface area (Å²) in [6, 6.07) is 8.91. The number of carbonyl (C=O) groups excluding carboxylic acids is 1. The maximum Gasteiger partial charge on any atom is 0.198 e. The van der Waals surface area contributed by atoms with Crippen LogP contribution in [-0.4, -0.2) is 59.0 Å². The molecule has 0 heterocycles. The first-order chi connectivity index (χ1) is 16.0. The second-order valence-corrected chi connectivity index (χ2v) is 7.00. The van der Waals surface area contributed by atoms with Crippen LogP contribution < -0.4 is 15.8 Å². The van der Waals surface area contributed by atoms with E-state index >= 15 is 0 Å². The molecular weight excluding hydrogens is 434 g/mol. The lowest BCUT2D eigenvalue weighted by atomic mass is 10.1. The van der Waals surface area contributed by atoms with E-state index in [-0.39, 0.29) is 11.3 Å². The molecule has 180 valence electrons. The molecule has 0 amide bonds. The molecule has 0 saturated carbocycles. The fraction of sp³-hybridized carbons (Fsp3) is 0.375. The van der Waals surface area contributed by atoms with Gasteiger partial charge in [0.05, 0.1) is 39.6 Å². The first kappa shape index (κ1) is 26.4. The van der Waals surface area contributed by atoms with E-state index in [9.17, 15) is 13.6 Å². The van der Waals surface area contributed by atoms with Gasteiger partial charge in [-0.3, -0.25) is 4.79 Å². The smallest absolute Gasteiger partial charge is 0.198 e. The molecule has 2 rings (SSSR count). The van der Waals surface area contributed by atoms with E-state index in [0.717, 1.165) is 17.8 Å². The third-order valence-corrected chi connectivity index (χ3v) is 4.26. The number of carbonyl (C=O) groups is 1. The van der Waals surface area contributed by atoms with E-state index in [4.69, 9.17) is 24.7 Å². The zero-order valence-corrected chi connectivity index (χ0v) is 18.7. The van der Waals surface area contributed by atoms with E-state index in [1.807, 2.05) is 0 Å². The van der Waals surface area contributed by atoms with Crippen molar-refractivity contribution in [3.8, 4) is 11.5 Å². The minimum Gasteiger partial charge on any atom is -0.451 e. The lowest BCUT2D eigenvalue weighted by Gasteiger charge is -2.11. The average molecular weight is 465 g/mol. The third kappa shape index (κ3) is 10.1. The maximum atomic E-state index is 14.3. The quantitative estimate of drug-likeness (QED) is 0.222. The minimum atomic E-state index is -0.855. The summed E-state index contributed by atoms with van der Waals surface area (Å²) in [4.78, 5) is 10.7. The Bertz CT molecular complexity index is 868. The van der Waals surface area contributed by atoms with Crippen LogP contribution in [0.15, 0.2) is 42.0 Å². The van der Waals surface area contributed by atoms with Gasteiger partial charge < -0.3 is 30.0 Å². The molecule has 0 atom stereocenters. The molecule has 0 unspecified atom stereocenters. The van der Waals surface area contributed by atoms with Gasteiger partial charge in [0.2, 0.25) is 0 Å². The Balaban J connectivity index is 1.71. The SMILES string of the molecule is C/C(C=O)=C\c1cc(F)c(Oc2ccc(NCCOCCOCCOCCN)cc2)c(F)c1. The predicted molar refractivity (Wildman–Crippen MR) is 123 cm³/mol. The molecule has 7 nitrogen and oxygen atoms in total. The van der Waals surface area contributed by atoms with Crippen molar-refractivity contribution in [3.63, 3.8) is 0 Å². The zero-order chi connectivity index (χ0) is 23.9. The van der Waals surface area contributed by atoms with E-state index < -0.39 is 17.4 Å². The summed E-state index contributed by atoms with van der Waals surface area (Å²) in [5.41, 5.74) is 6.72. The topological polar surface area (TPSA) is 92.0 Å². The molecule has 0 aliphatic heterocycles. The predicted octanol–water partition coefficient (Wildman–Crippen LogP) is 3.78. The van der Waals surface area contributed by atoms with Gasteiger partial charge in [-0.25, -0.2) is 8.78 Å². The molecule has 0 aromatic heterocycles. The number of nitrogens with one attached hydrogen (secondary N) is 1. The summed E-state index contributed by atoms with van der Waals surface area (Å²) in [7, 11) is 0. The fourth-order valence-electron chi connectivity index (χ4n) is 2.71. The van der Waals surface area contributed by atoms with Gasteiger partial charge >= 0.3 is 0 Å². The normalized spacial score (nSPS) is 11.5. The van der Waals surface area contributed by atoms with Crippen LogP contribution in [0.1, 0.15) is 12.5 Å². The van der Waals surface area contributed by atoms with Crippen molar-refractivity contribution >= 4 is 18.0 Å². The van der Waals surface area contributed by atoms with Crippen LogP contribution in [0.2, 0.25) is 0 Å². The molecule has 0 saturated heterocycles. The number of halogens is 2. The summed E-state index contributed by atoms with van der Waals surface area (Å²) in [5.74, 6) is -1.93. The van der Waals surface area contributed by atoms with Gasteiger partial charge in [0.15, 0.2) is 17.4 Å². The summed E-state index contributed by atoms with van der Waals surface area (Å²) in [5, 5.41) is 3.18. The highest BCUT2D eigenvalue weighted by Crippen LogP contribution is 2.30. The van der Waals surface area contributed by atoms with Gasteiger partial charge in [0.25, 0.3) is 0 Å². The van der Waals surface area contributed by atoms with E-state index in [1.54, 1.807) is 31.2 Å². The standard InChI is InChI=1S/C24H30F2N2O5/c1-18(17-29)14-19-15-22(25)24(23(26)16-19)33-21-4-2-20(3-5-21)28-7-9-31-11-13-32-12-10-30-8-6-27/h2-5,14-17,28H,6-13,27H2,1H3/b18-14+. The monoisotopic (exact) mass is 464 g/mol. The van der Waals surface area contributed by atoms with Gasteiger partial charge in [0, 0.05) is 18.8 Å². The maximum absolute atomic E-state index is 14.3. The highest BCUT2D eigenvalue weighted by Gasteiger charge is 2.13. The Morgan fingerprint density at radius 3 is 2.09 bits per heavy atom. The molecule has 0 spiro atoms. The average Bonchev–Trinajstić information content (AvgIpc) is 2.80. The molecule has 0 aliphatic carbocycles. The summed E-state index contributed by atoms with van der Waals surface area (Å²) < 4.78 is 50.0. The van der Waals surface area contributed by atoms with Crippen LogP contribution in [0.5, 0.6) is 11.5 Å². The second kappa shape index (κ2) is 15.1. The van der Waals surface area contributed by atoms with Gasteiger partial charge in [-0.15, -0.1) is 0 Å². The Hall–Kier alpha value is -2.85. The number of rotatable bonds is 16. The van der Waals surface area contributed by atoms with Gasteiger partial charge in [-0.2, -0.15) is 0 Å². The molecule has 3 N–H and O–H groups in total. The molecule has 0 fully saturated rings. The summed E-state index contributed by atoms with van der Waals surface area (Å²) in [6.45, 7) is 5.63. The van der Waals surface area contributed by atoms with Crippen molar-refractivity contribution in [2.75, 3.05) is 58.0 Å². The minimum absolute atomic E-state index is 0.242. The van der Waals surface area contributed by atoms with Crippen LogP contribution in [0.4, 0.5) is 14.5 Å². The zero-order valence-electron chi connectivity index (χ0n) is 18.7. The Morgan fingerprint density at radius 1 is 0.939 bits per heavy atom. The van der Waals surface area contributed by atoms with Crippen LogP contribution in [0.3, 0.4) is 0 Å². The highest BCUT2D eigenvalue weighted by atomic mass is 19.1. The number of allylic oxidation sites excluding steroid dienone is 1. The van der Waals surface area contributed by atoms with E-state index in [2.05, 4.69) is 5.32 Å². The number of ether oxygens (including phenoxy) is 4. The van der Waals surface area contributed by atoms with Gasteiger partial charge in [-0.05, 0) is 60.5 Å². The van der Waals surface area contributed by atoms with Crippen LogP contribution in [0.25, 0.3) is 6.08 Å². The molecule has 0 aliphatic rings. The number of hydrogen-bond donors (Lipinski definition) is 2. The van der Waals surface area contributed by atoms with Crippen molar-refractivity contribution in [1.29, 1.82) is 0 Å². The van der Waals surface area contributed by atoms with Crippen molar-refractivity contribution in [2.45, 2.75) is 6.92 Å². The van der Waals surface area contributed by atoms with Crippen molar-refractivity contribution in [3.05, 3.63) is 59.2 Å². The Kier molecular flexibility index (Phi) is 12.1. The highest BCUT2D eigenvalue weighted by molar-refractivity contribution is 5.80. The van der Waals surface area contributed by atoms with E-state index in [1.165, 1.54) is 6.08 Å². The van der Waals surface area contributed by atoms with Crippen LogP contribution in [-0.2, 0) is 19.0 Å². The number of benzene rings is 2. The summed E-state index contributed by atoms with van der Waals surface area (Å²) >= 11 is 0. The van der Waals surface area contributed by atoms with Crippen molar-refractivity contribution in [2.24, 2.45) is 5.73 Å². The summed E-state index contributed by atoms with van der Waals surface area (Å²) in [6.07, 6.45) is 2.00. The van der Waals surface area contributed by atoms with Crippen molar-refractivity contribution < 1.29 is 32.5 Å². The fourth-order valence-corrected chi connectivity index (χ4v) is 2.71. The largest absolute Gasteiger partial charge is 0.451 e. The van der Waals surface area contributed by atoms with E-state index in [0.29, 0.717) is 64.6 Å². The first-order valence-electron chi connectivity index (χ1n) is 10.6. The van der Waals surface area contributed by atoms with Crippen LogP contribution >= 0.6 is 0 Å². The molecule has 9 heteroatoms. The number of anilines is 1. The number of hydrogen-bond acceptors (Lipinski definition) is 7. The number of nitrogens with two attached hydrogens (primary N) is 1. The molecule has 2 aromatic carbocycles. The second-order valence-electron chi connectivity index (χ2n) is 7.00. The Labute approximate surface area is 192 Å². The van der Waals surface area contributed by atoms with Gasteiger partial charge in [-0.1, -0.05) is 0 Å². The molecule has 0 radical (unpaired) electrons. The first-order valence-corrected chi connectivity index (χ1v) is 10.6. The van der Waals surface area contributed by atoms with Gasteiger partial charge in [0.1, 0.15) is 12.0 Å². The van der Waals surface area contributed by atoms with Crippen LogP contribution in [0, 0.1) is 11.6 Å².